The highest BCUT2D eigenvalue weighted by Crippen LogP contribution is 2.27. The van der Waals surface area contributed by atoms with Crippen molar-refractivity contribution in [3.05, 3.63) is 12.2 Å². The summed E-state index contributed by atoms with van der Waals surface area (Å²) >= 11 is 5.66. The Morgan fingerprint density at radius 2 is 2.43 bits per heavy atom. The predicted octanol–water partition coefficient (Wildman–Crippen LogP) is 1.47. The zero-order valence-electron chi connectivity index (χ0n) is 8.44. The van der Waals surface area contributed by atoms with Crippen LogP contribution in [0.3, 0.4) is 0 Å². The van der Waals surface area contributed by atoms with Crippen molar-refractivity contribution in [1.82, 2.24) is 5.32 Å². The molecule has 4 heteroatoms. The van der Waals surface area contributed by atoms with Gasteiger partial charge in [-0.25, -0.2) is 0 Å². The molecule has 1 aliphatic heterocycles. The molecule has 1 heterocycles. The largest absolute Gasteiger partial charge is 0.468 e. The number of hydrogen-bond acceptors (Lipinski definition) is 3. The van der Waals surface area contributed by atoms with Crippen LogP contribution in [0, 0.1) is 0 Å². The van der Waals surface area contributed by atoms with Gasteiger partial charge in [0, 0.05) is 5.88 Å². The molecule has 1 saturated heterocycles. The fraction of sp³-hybridized carbons (Fsp3) is 0.700. The van der Waals surface area contributed by atoms with Crippen molar-refractivity contribution < 1.29 is 9.53 Å². The van der Waals surface area contributed by atoms with Crippen LogP contribution < -0.4 is 5.32 Å². The molecular weight excluding hydrogens is 202 g/mol. The quantitative estimate of drug-likeness (QED) is 0.440. The Morgan fingerprint density at radius 1 is 1.71 bits per heavy atom. The second kappa shape index (κ2) is 4.80. The van der Waals surface area contributed by atoms with E-state index in [1.165, 1.54) is 7.11 Å². The molecule has 0 radical (unpaired) electrons. The molecule has 0 aromatic heterocycles. The van der Waals surface area contributed by atoms with E-state index in [9.17, 15) is 4.79 Å². The van der Waals surface area contributed by atoms with Gasteiger partial charge in [-0.1, -0.05) is 12.2 Å². The van der Waals surface area contributed by atoms with Crippen LogP contribution in [-0.4, -0.2) is 31.0 Å². The van der Waals surface area contributed by atoms with E-state index in [0.29, 0.717) is 12.3 Å². The zero-order valence-corrected chi connectivity index (χ0v) is 9.19. The highest BCUT2D eigenvalue weighted by molar-refractivity contribution is 6.19. The summed E-state index contributed by atoms with van der Waals surface area (Å²) in [4.78, 5) is 11.6. The number of carbonyl (C=O) groups excluding carboxylic acids is 1. The summed E-state index contributed by atoms with van der Waals surface area (Å²) in [6.45, 7) is 4.67. The lowest BCUT2D eigenvalue weighted by atomic mass is 9.90. The highest BCUT2D eigenvalue weighted by Gasteiger charge is 2.42. The number of methoxy groups -OCH3 is 1. The number of carbonyl (C=O) groups is 1. The molecule has 1 fully saturated rings. The normalized spacial score (nSPS) is 26.1. The van der Waals surface area contributed by atoms with Crippen molar-refractivity contribution in [1.29, 1.82) is 0 Å². The van der Waals surface area contributed by atoms with E-state index in [1.807, 2.05) is 0 Å². The Bertz CT molecular complexity index is 234. The molecule has 0 saturated carbocycles. The topological polar surface area (TPSA) is 38.3 Å². The van der Waals surface area contributed by atoms with Gasteiger partial charge in [0.2, 0.25) is 0 Å². The van der Waals surface area contributed by atoms with E-state index in [-0.39, 0.29) is 5.97 Å². The fourth-order valence-corrected chi connectivity index (χ4v) is 1.97. The smallest absolute Gasteiger partial charge is 0.326 e. The summed E-state index contributed by atoms with van der Waals surface area (Å²) < 4.78 is 4.80. The van der Waals surface area contributed by atoms with E-state index < -0.39 is 5.54 Å². The number of rotatable bonds is 4. The molecule has 0 aromatic rings. The number of alkyl halides is 1. The fourth-order valence-electron chi connectivity index (χ4n) is 1.87. The number of nitrogens with one attached hydrogen (secondary N) is 1. The van der Waals surface area contributed by atoms with Gasteiger partial charge in [-0.3, -0.25) is 4.79 Å². The van der Waals surface area contributed by atoms with Crippen molar-refractivity contribution in [2.45, 2.75) is 24.8 Å². The summed E-state index contributed by atoms with van der Waals surface area (Å²) in [5.74, 6) is 0.182. The maximum atomic E-state index is 11.6. The second-order valence-corrected chi connectivity index (χ2v) is 3.93. The Kier molecular flexibility index (Phi) is 3.96. The van der Waals surface area contributed by atoms with E-state index >= 15 is 0 Å². The maximum absolute atomic E-state index is 11.6. The van der Waals surface area contributed by atoms with E-state index in [0.717, 1.165) is 25.0 Å². The third-order valence-corrected chi connectivity index (χ3v) is 2.94. The van der Waals surface area contributed by atoms with Gasteiger partial charge in [0.15, 0.2) is 0 Å². The molecule has 1 rings (SSSR count). The molecule has 0 spiro atoms. The monoisotopic (exact) mass is 217 g/mol. The lowest BCUT2D eigenvalue weighted by molar-refractivity contribution is -0.147. The van der Waals surface area contributed by atoms with Gasteiger partial charge in [-0.05, 0) is 25.8 Å². The Labute approximate surface area is 89.5 Å². The standard InChI is InChI=1S/C10H16ClNO2/c1-8(7-11)6-10(9(13)14-2)4-3-5-12-10/h12H,1,3-7H2,2H3/t10-/m1/s1. The van der Waals surface area contributed by atoms with Crippen LogP contribution in [0.4, 0.5) is 0 Å². The summed E-state index contributed by atoms with van der Waals surface area (Å²) in [6, 6.07) is 0. The number of ether oxygens (including phenoxy) is 1. The first-order valence-electron chi connectivity index (χ1n) is 4.71. The maximum Gasteiger partial charge on any atom is 0.326 e. The molecule has 14 heavy (non-hydrogen) atoms. The molecule has 1 aliphatic rings. The Morgan fingerprint density at radius 3 is 2.86 bits per heavy atom. The molecule has 0 amide bonds. The number of hydrogen-bond donors (Lipinski definition) is 1. The first kappa shape index (κ1) is 11.5. The van der Waals surface area contributed by atoms with Crippen molar-refractivity contribution >= 4 is 17.6 Å². The van der Waals surface area contributed by atoms with Crippen LogP contribution in [0.15, 0.2) is 12.2 Å². The van der Waals surface area contributed by atoms with Crippen molar-refractivity contribution in [2.24, 2.45) is 0 Å². The van der Waals surface area contributed by atoms with Crippen molar-refractivity contribution in [3.8, 4) is 0 Å². The van der Waals surface area contributed by atoms with E-state index in [2.05, 4.69) is 11.9 Å². The van der Waals surface area contributed by atoms with E-state index in [4.69, 9.17) is 16.3 Å². The predicted molar refractivity (Wildman–Crippen MR) is 56.5 cm³/mol. The second-order valence-electron chi connectivity index (χ2n) is 3.66. The zero-order chi connectivity index (χ0) is 10.6. The summed E-state index contributed by atoms with van der Waals surface area (Å²) in [5, 5.41) is 3.19. The Hall–Kier alpha value is -0.540. The molecule has 0 aliphatic carbocycles. The molecular formula is C10H16ClNO2. The van der Waals surface area contributed by atoms with Gasteiger partial charge in [0.25, 0.3) is 0 Å². The Balaban J connectivity index is 2.71. The SMILES string of the molecule is C=C(CCl)C[C@@]1(C(=O)OC)CCCN1. The minimum atomic E-state index is -0.569. The van der Waals surface area contributed by atoms with E-state index in [1.54, 1.807) is 0 Å². The van der Waals surface area contributed by atoms with Gasteiger partial charge in [0.05, 0.1) is 7.11 Å². The lowest BCUT2D eigenvalue weighted by Gasteiger charge is -2.26. The van der Waals surface area contributed by atoms with Crippen molar-refractivity contribution in [2.75, 3.05) is 19.5 Å². The first-order chi connectivity index (χ1) is 6.64. The molecule has 1 N–H and O–H groups in total. The van der Waals surface area contributed by atoms with Crippen LogP contribution in [0.2, 0.25) is 0 Å². The third-order valence-electron chi connectivity index (χ3n) is 2.56. The molecule has 80 valence electrons. The molecule has 0 bridgehead atoms. The molecule has 0 unspecified atom stereocenters. The third kappa shape index (κ3) is 2.28. The van der Waals surface area contributed by atoms with Crippen LogP contribution in [0.1, 0.15) is 19.3 Å². The van der Waals surface area contributed by atoms with Crippen LogP contribution in [-0.2, 0) is 9.53 Å². The minimum absolute atomic E-state index is 0.207. The average molecular weight is 218 g/mol. The van der Waals surface area contributed by atoms with Crippen LogP contribution in [0.5, 0.6) is 0 Å². The molecule has 3 nitrogen and oxygen atoms in total. The summed E-state index contributed by atoms with van der Waals surface area (Å²) in [6.07, 6.45) is 2.36. The van der Waals surface area contributed by atoms with Gasteiger partial charge in [-0.15, -0.1) is 11.6 Å². The van der Waals surface area contributed by atoms with Gasteiger partial charge in [0.1, 0.15) is 5.54 Å². The number of halogens is 1. The number of esters is 1. The van der Waals surface area contributed by atoms with Crippen molar-refractivity contribution in [3.63, 3.8) is 0 Å². The van der Waals surface area contributed by atoms with Crippen LogP contribution >= 0.6 is 11.6 Å². The van der Waals surface area contributed by atoms with Gasteiger partial charge >= 0.3 is 5.97 Å². The van der Waals surface area contributed by atoms with Gasteiger partial charge in [-0.2, -0.15) is 0 Å². The lowest BCUT2D eigenvalue weighted by Crippen LogP contribution is -2.48. The van der Waals surface area contributed by atoms with Crippen LogP contribution in [0.25, 0.3) is 0 Å². The molecule has 1 atom stereocenters. The average Bonchev–Trinajstić information content (AvgIpc) is 2.66. The highest BCUT2D eigenvalue weighted by atomic mass is 35.5. The summed E-state index contributed by atoms with van der Waals surface area (Å²) in [5.41, 5.74) is 0.298. The minimum Gasteiger partial charge on any atom is -0.468 e. The molecule has 0 aromatic carbocycles. The first-order valence-corrected chi connectivity index (χ1v) is 5.24. The summed E-state index contributed by atoms with van der Waals surface area (Å²) in [7, 11) is 1.41. The van der Waals surface area contributed by atoms with Gasteiger partial charge < -0.3 is 10.1 Å².